The maximum absolute atomic E-state index is 5.21. The zero-order valence-corrected chi connectivity index (χ0v) is 73.5. The molecule has 0 bridgehead atoms. The lowest BCUT2D eigenvalue weighted by molar-refractivity contribution is 0.299. The summed E-state index contributed by atoms with van der Waals surface area (Å²) in [5.74, 6) is 2.73. The van der Waals surface area contributed by atoms with E-state index in [0.29, 0.717) is 17.5 Å². The number of rotatable bonds is 10. The standard InChI is InChI=1S/C43H35N3.2C38H32N2/c1-42(2)36-22-14-13-21-34(36)35-26-24-31(27-37(35)43(42,3)4)33-25-23-28-15-11-12-20-32(28)38(33)41-45-39(29-16-7-5-8-17-29)44-40(46-41)30-18-9-6-10-19-30;1-37(2)32-18-12-11-17-29(32)31-23-27(20-22-33(31)38(37,3)4)28-19-21-30-34(24-28)39-36(26-15-9-6-10-16-26)40-35(30)25-13-7-5-8-14-25;1-37(2)31-18-12-11-17-29(31)30-23-27(19-21-32(30)38(37,3)4)28-20-22-33-34(24-28)40-36(26-15-9-6-10-16-26)35(39-33)25-13-7-5-8-14-25/h5-27H,1-4H3;2*5-24H,1-4H3. The average molecular weight is 1630 g/mol. The summed E-state index contributed by atoms with van der Waals surface area (Å²) >= 11 is 0. The van der Waals surface area contributed by atoms with Crippen molar-refractivity contribution in [2.24, 2.45) is 0 Å². The summed E-state index contributed by atoms with van der Waals surface area (Å²) in [5.41, 5.74) is 35.9. The third kappa shape index (κ3) is 13.7. The van der Waals surface area contributed by atoms with Gasteiger partial charge in [-0.15, -0.1) is 0 Å². The molecule has 3 aliphatic carbocycles. The van der Waals surface area contributed by atoms with Crippen LogP contribution in [0.25, 0.3) is 179 Å². The molecule has 16 aromatic carbocycles. The highest BCUT2D eigenvalue weighted by Crippen LogP contribution is 2.58. The van der Waals surface area contributed by atoms with Crippen molar-refractivity contribution in [2.75, 3.05) is 0 Å². The summed E-state index contributed by atoms with van der Waals surface area (Å²) in [6, 6.07) is 136. The molecule has 0 saturated carbocycles. The fraction of sp³-hybridized carbons (Fsp3) is 0.151. The van der Waals surface area contributed by atoms with E-state index in [1.807, 2.05) is 72.8 Å². The molecular formula is C119H99N7. The SMILES string of the molecule is CC1(C)c2ccccc2-c2cc(-c3ccc4c(-c5ccccc5)nc(-c5ccccc5)nc4c3)ccc2C1(C)C.CC1(C)c2ccccc2-c2cc(-c3ccc4nc(-c5ccccc5)c(-c5ccccc5)nc4c3)ccc2C1(C)C.CC1(C)c2ccccc2-c2ccc(-c3ccc4ccccc4c3-c3nc(-c4ccccc4)nc(-c4ccccc4)n3)cc2C1(C)C. The van der Waals surface area contributed by atoms with Crippen molar-refractivity contribution in [2.45, 2.75) is 116 Å². The Kier molecular flexibility index (Phi) is 19.9. The maximum atomic E-state index is 5.21. The van der Waals surface area contributed by atoms with Crippen LogP contribution in [0, 0.1) is 0 Å². The van der Waals surface area contributed by atoms with Crippen LogP contribution in [0.1, 0.15) is 116 Å². The molecule has 3 aliphatic rings. The molecule has 0 aliphatic heterocycles. The predicted molar refractivity (Wildman–Crippen MR) is 525 cm³/mol. The molecule has 7 nitrogen and oxygen atoms in total. The van der Waals surface area contributed by atoms with Gasteiger partial charge in [-0.3, -0.25) is 0 Å². The van der Waals surface area contributed by atoms with Crippen LogP contribution in [0.15, 0.2) is 382 Å². The van der Waals surface area contributed by atoms with Gasteiger partial charge < -0.3 is 0 Å². The number of hydrogen-bond donors (Lipinski definition) is 0. The summed E-state index contributed by atoms with van der Waals surface area (Å²) in [6.07, 6.45) is 0. The minimum absolute atomic E-state index is 0.000989. The van der Waals surface area contributed by atoms with E-state index in [-0.39, 0.29) is 32.5 Å². The summed E-state index contributed by atoms with van der Waals surface area (Å²) in [5, 5.41) is 3.32. The Labute approximate surface area is 739 Å². The lowest BCUT2D eigenvalue weighted by Crippen LogP contribution is -2.43. The van der Waals surface area contributed by atoms with E-state index >= 15 is 0 Å². The molecule has 0 amide bonds. The molecule has 0 unspecified atom stereocenters. The van der Waals surface area contributed by atoms with Gasteiger partial charge in [0.05, 0.1) is 33.6 Å². The van der Waals surface area contributed by atoms with Crippen LogP contribution < -0.4 is 0 Å². The van der Waals surface area contributed by atoms with Gasteiger partial charge in [-0.2, -0.15) is 0 Å². The summed E-state index contributed by atoms with van der Waals surface area (Å²) < 4.78 is 0. The monoisotopic (exact) mass is 1630 g/mol. The zero-order valence-electron chi connectivity index (χ0n) is 73.5. The van der Waals surface area contributed by atoms with Gasteiger partial charge in [-0.05, 0) is 186 Å². The van der Waals surface area contributed by atoms with E-state index in [1.165, 1.54) is 77.9 Å². The molecule has 0 saturated heterocycles. The van der Waals surface area contributed by atoms with Gasteiger partial charge in [0.1, 0.15) is 0 Å². The molecule has 610 valence electrons. The van der Waals surface area contributed by atoms with E-state index in [2.05, 4.69) is 392 Å². The molecule has 19 aromatic rings. The second-order valence-electron chi connectivity index (χ2n) is 37.1. The van der Waals surface area contributed by atoms with Crippen LogP contribution in [0.5, 0.6) is 0 Å². The van der Waals surface area contributed by atoms with Crippen LogP contribution in [0.3, 0.4) is 0 Å². The van der Waals surface area contributed by atoms with E-state index in [1.54, 1.807) is 0 Å². The van der Waals surface area contributed by atoms with Crippen molar-refractivity contribution in [3.8, 4) is 146 Å². The topological polar surface area (TPSA) is 90.2 Å². The molecule has 22 rings (SSSR count). The second-order valence-corrected chi connectivity index (χ2v) is 37.1. The van der Waals surface area contributed by atoms with Gasteiger partial charge in [-0.1, -0.05) is 423 Å². The van der Waals surface area contributed by atoms with Crippen molar-refractivity contribution >= 4 is 32.7 Å². The number of benzene rings is 16. The molecule has 0 fully saturated rings. The first-order chi connectivity index (χ1) is 61.0. The molecule has 0 N–H and O–H groups in total. The van der Waals surface area contributed by atoms with Crippen molar-refractivity contribution in [3.63, 3.8) is 0 Å². The Morgan fingerprint density at radius 3 is 0.960 bits per heavy atom. The van der Waals surface area contributed by atoms with Crippen LogP contribution in [-0.4, -0.2) is 34.9 Å². The molecule has 126 heavy (non-hydrogen) atoms. The maximum Gasteiger partial charge on any atom is 0.165 e. The Hall–Kier alpha value is -14.5. The zero-order chi connectivity index (χ0) is 86.4. The molecule has 3 heterocycles. The lowest BCUT2D eigenvalue weighted by Gasteiger charge is -2.48. The Bertz CT molecular complexity index is 7360. The van der Waals surface area contributed by atoms with E-state index in [0.717, 1.165) is 117 Å². The first-order valence-corrected chi connectivity index (χ1v) is 44.0. The molecule has 0 spiro atoms. The molecule has 7 heteroatoms. The fourth-order valence-electron chi connectivity index (χ4n) is 19.6. The number of nitrogens with zero attached hydrogens (tertiary/aromatic N) is 7. The van der Waals surface area contributed by atoms with Crippen molar-refractivity contribution in [1.29, 1.82) is 0 Å². The highest BCUT2D eigenvalue weighted by atomic mass is 15.0. The summed E-state index contributed by atoms with van der Waals surface area (Å²) in [4.78, 5) is 35.8. The highest BCUT2D eigenvalue weighted by Gasteiger charge is 2.49. The third-order valence-electron chi connectivity index (χ3n) is 28.8. The summed E-state index contributed by atoms with van der Waals surface area (Å²) in [6.45, 7) is 28.5. The van der Waals surface area contributed by atoms with Gasteiger partial charge in [0.25, 0.3) is 0 Å². The van der Waals surface area contributed by atoms with Crippen molar-refractivity contribution in [1.82, 2.24) is 34.9 Å². The lowest BCUT2D eigenvalue weighted by atomic mass is 9.55. The van der Waals surface area contributed by atoms with Crippen LogP contribution in [0.4, 0.5) is 0 Å². The smallest absolute Gasteiger partial charge is 0.165 e. The van der Waals surface area contributed by atoms with E-state index in [9.17, 15) is 0 Å². The molecular weight excluding hydrogens is 1530 g/mol. The minimum Gasteiger partial charge on any atom is -0.244 e. The molecule has 0 radical (unpaired) electrons. The van der Waals surface area contributed by atoms with Gasteiger partial charge >= 0.3 is 0 Å². The first kappa shape index (κ1) is 79.9. The summed E-state index contributed by atoms with van der Waals surface area (Å²) in [7, 11) is 0. The van der Waals surface area contributed by atoms with Gasteiger partial charge in [0.15, 0.2) is 23.3 Å². The average Bonchev–Trinajstić information content (AvgIpc) is 0.717. The largest absolute Gasteiger partial charge is 0.244 e. The molecule has 3 aromatic heterocycles. The van der Waals surface area contributed by atoms with Crippen LogP contribution in [0.2, 0.25) is 0 Å². The third-order valence-corrected chi connectivity index (χ3v) is 28.8. The van der Waals surface area contributed by atoms with E-state index in [4.69, 9.17) is 34.9 Å². The number of fused-ring (bicyclic) bond motifs is 12. The second kappa shape index (κ2) is 31.4. The minimum atomic E-state index is -0.0994. The van der Waals surface area contributed by atoms with Crippen molar-refractivity contribution < 1.29 is 0 Å². The Morgan fingerprint density at radius 1 is 0.159 bits per heavy atom. The van der Waals surface area contributed by atoms with Gasteiger partial charge in [0, 0.05) is 44.3 Å². The molecule has 0 atom stereocenters. The fourth-order valence-corrected chi connectivity index (χ4v) is 19.6. The normalized spacial score (nSPS) is 14.7. The number of hydrogen-bond acceptors (Lipinski definition) is 7. The van der Waals surface area contributed by atoms with Gasteiger partial charge in [0.2, 0.25) is 0 Å². The highest BCUT2D eigenvalue weighted by molar-refractivity contribution is 6.04. The van der Waals surface area contributed by atoms with Crippen LogP contribution in [-0.2, 0) is 32.5 Å². The predicted octanol–water partition coefficient (Wildman–Crippen LogP) is 30.7. The van der Waals surface area contributed by atoms with Crippen molar-refractivity contribution in [3.05, 3.63) is 416 Å². The van der Waals surface area contributed by atoms with E-state index < -0.39 is 0 Å². The first-order valence-electron chi connectivity index (χ1n) is 44.0. The quantitative estimate of drug-likeness (QED) is 0.135. The van der Waals surface area contributed by atoms with Gasteiger partial charge in [-0.25, -0.2) is 34.9 Å². The Morgan fingerprint density at radius 2 is 0.484 bits per heavy atom. The number of aromatic nitrogens is 7. The Balaban J connectivity index is 0.000000120. The van der Waals surface area contributed by atoms with Crippen LogP contribution >= 0.6 is 0 Å².